The Hall–Kier alpha value is -3.39. The summed E-state index contributed by atoms with van der Waals surface area (Å²) in [6.45, 7) is 9.31. The molecule has 2 aromatic carbocycles. The zero-order valence-electron chi connectivity index (χ0n) is 22.1. The number of rotatable bonds is 2. The number of aromatic nitrogens is 4. The number of piperidine rings is 2. The molecule has 2 fully saturated rings. The first-order valence-electron chi connectivity index (χ1n) is 13.4. The Balaban J connectivity index is 0.000000162. The zero-order valence-corrected chi connectivity index (χ0v) is 22.1. The van der Waals surface area contributed by atoms with Crippen molar-refractivity contribution in [2.24, 2.45) is 0 Å². The lowest BCUT2D eigenvalue weighted by molar-refractivity contribution is 0.0196. The molecule has 0 unspecified atom stereocenters. The molecule has 196 valence electrons. The van der Waals surface area contributed by atoms with Gasteiger partial charge in [-0.05, 0) is 77.3 Å². The van der Waals surface area contributed by atoms with E-state index in [1.54, 1.807) is 4.90 Å². The van der Waals surface area contributed by atoms with E-state index >= 15 is 0 Å². The first kappa shape index (κ1) is 25.3. The van der Waals surface area contributed by atoms with Gasteiger partial charge in [0.1, 0.15) is 17.2 Å². The average molecular weight is 503 g/mol. The van der Waals surface area contributed by atoms with Gasteiger partial charge in [-0.2, -0.15) is 0 Å². The molecule has 8 heteroatoms. The molecular formula is C29H38N6O2. The quantitative estimate of drug-likeness (QED) is 0.326. The molecule has 2 aliphatic heterocycles. The number of nitrogens with one attached hydrogen (secondary N) is 3. The molecule has 37 heavy (non-hydrogen) atoms. The van der Waals surface area contributed by atoms with E-state index < -0.39 is 5.60 Å². The Labute approximate surface area is 218 Å². The van der Waals surface area contributed by atoms with Crippen molar-refractivity contribution in [2.45, 2.75) is 63.9 Å². The van der Waals surface area contributed by atoms with Crippen molar-refractivity contribution in [3.63, 3.8) is 0 Å². The highest BCUT2D eigenvalue weighted by Gasteiger charge is 2.29. The molecule has 0 aliphatic carbocycles. The van der Waals surface area contributed by atoms with Crippen LogP contribution in [0.4, 0.5) is 4.79 Å². The lowest BCUT2D eigenvalue weighted by atomic mass is 9.98. The number of imidazole rings is 2. The summed E-state index contributed by atoms with van der Waals surface area (Å²) in [5.41, 5.74) is 3.80. The van der Waals surface area contributed by atoms with E-state index in [1.165, 1.54) is 12.8 Å². The summed E-state index contributed by atoms with van der Waals surface area (Å²) in [5, 5.41) is 3.42. The summed E-state index contributed by atoms with van der Waals surface area (Å²) in [6, 6.07) is 16.2. The first-order chi connectivity index (χ1) is 17.9. The summed E-state index contributed by atoms with van der Waals surface area (Å²) in [6.07, 6.45) is 4.28. The molecule has 2 atom stereocenters. The highest BCUT2D eigenvalue weighted by molar-refractivity contribution is 5.75. The van der Waals surface area contributed by atoms with Crippen molar-refractivity contribution < 1.29 is 9.53 Å². The van der Waals surface area contributed by atoms with Crippen LogP contribution < -0.4 is 5.32 Å². The van der Waals surface area contributed by atoms with Gasteiger partial charge < -0.3 is 24.9 Å². The maximum atomic E-state index is 12.2. The molecule has 1 amide bonds. The number of likely N-dealkylation sites (tertiary alicyclic amines) is 1. The van der Waals surface area contributed by atoms with Crippen LogP contribution in [0.1, 0.15) is 69.9 Å². The maximum Gasteiger partial charge on any atom is 0.410 e. The van der Waals surface area contributed by atoms with Crippen molar-refractivity contribution in [3.8, 4) is 0 Å². The van der Waals surface area contributed by atoms with E-state index in [1.807, 2.05) is 57.2 Å². The number of H-pyrrole nitrogens is 2. The predicted octanol–water partition coefficient (Wildman–Crippen LogP) is 5.71. The first-order valence-corrected chi connectivity index (χ1v) is 13.4. The summed E-state index contributed by atoms with van der Waals surface area (Å²) in [4.78, 5) is 30.1. The van der Waals surface area contributed by atoms with Crippen LogP contribution in [-0.4, -0.2) is 62.7 Å². The Morgan fingerprint density at radius 3 is 2.05 bits per heavy atom. The molecule has 2 aliphatic rings. The molecule has 0 saturated carbocycles. The normalized spacial score (nSPS) is 20.5. The van der Waals surface area contributed by atoms with Crippen LogP contribution in [0.3, 0.4) is 0 Å². The molecule has 0 bridgehead atoms. The molecule has 8 nitrogen and oxygen atoms in total. The largest absolute Gasteiger partial charge is 0.444 e. The van der Waals surface area contributed by atoms with Crippen LogP contribution in [0.25, 0.3) is 22.1 Å². The number of hydrogen-bond acceptors (Lipinski definition) is 5. The van der Waals surface area contributed by atoms with Crippen LogP contribution in [0.5, 0.6) is 0 Å². The van der Waals surface area contributed by atoms with Gasteiger partial charge in [-0.3, -0.25) is 0 Å². The second-order valence-electron chi connectivity index (χ2n) is 11.1. The topological polar surface area (TPSA) is 98.9 Å². The Morgan fingerprint density at radius 1 is 0.892 bits per heavy atom. The summed E-state index contributed by atoms with van der Waals surface area (Å²) in [5.74, 6) is 2.91. The molecule has 2 saturated heterocycles. The number of amides is 1. The van der Waals surface area contributed by atoms with E-state index in [2.05, 4.69) is 37.4 Å². The summed E-state index contributed by atoms with van der Waals surface area (Å²) in [7, 11) is 0. The van der Waals surface area contributed by atoms with Crippen molar-refractivity contribution >= 4 is 28.2 Å². The lowest BCUT2D eigenvalue weighted by Gasteiger charge is -2.33. The van der Waals surface area contributed by atoms with Gasteiger partial charge in [0, 0.05) is 31.5 Å². The number of carbonyl (C=O) groups is 1. The number of fused-ring (bicyclic) bond motifs is 2. The van der Waals surface area contributed by atoms with Crippen molar-refractivity contribution in [1.82, 2.24) is 30.2 Å². The smallest absolute Gasteiger partial charge is 0.410 e. The molecule has 2 aromatic heterocycles. The maximum absolute atomic E-state index is 12.2. The summed E-state index contributed by atoms with van der Waals surface area (Å²) >= 11 is 0. The number of para-hydroxylation sites is 4. The molecule has 0 radical (unpaired) electrons. The van der Waals surface area contributed by atoms with E-state index in [4.69, 9.17) is 4.74 Å². The van der Waals surface area contributed by atoms with Crippen LogP contribution in [-0.2, 0) is 4.74 Å². The molecule has 4 heterocycles. The molecule has 3 N–H and O–H groups in total. The van der Waals surface area contributed by atoms with E-state index in [0.29, 0.717) is 12.5 Å². The van der Waals surface area contributed by atoms with Gasteiger partial charge in [0.25, 0.3) is 0 Å². The van der Waals surface area contributed by atoms with Gasteiger partial charge in [-0.25, -0.2) is 14.8 Å². The average Bonchev–Trinajstić information content (AvgIpc) is 3.53. The third-order valence-electron chi connectivity index (χ3n) is 6.96. The van der Waals surface area contributed by atoms with Crippen LogP contribution in [0.2, 0.25) is 0 Å². The second kappa shape index (κ2) is 10.9. The van der Waals surface area contributed by atoms with Crippen molar-refractivity contribution in [1.29, 1.82) is 0 Å². The minimum absolute atomic E-state index is 0.228. The number of hydrogen-bond donors (Lipinski definition) is 3. The predicted molar refractivity (Wildman–Crippen MR) is 147 cm³/mol. The fraction of sp³-hybridized carbons (Fsp3) is 0.483. The van der Waals surface area contributed by atoms with E-state index in [0.717, 1.165) is 66.2 Å². The number of ether oxygens (including phenoxy) is 1. The van der Waals surface area contributed by atoms with Crippen LogP contribution >= 0.6 is 0 Å². The molecule has 0 spiro atoms. The molecule has 4 aromatic rings. The van der Waals surface area contributed by atoms with Gasteiger partial charge in [-0.1, -0.05) is 24.3 Å². The minimum Gasteiger partial charge on any atom is -0.444 e. The Morgan fingerprint density at radius 2 is 1.49 bits per heavy atom. The minimum atomic E-state index is -0.455. The fourth-order valence-corrected chi connectivity index (χ4v) is 5.11. The van der Waals surface area contributed by atoms with Gasteiger partial charge in [0.2, 0.25) is 0 Å². The third-order valence-corrected chi connectivity index (χ3v) is 6.96. The van der Waals surface area contributed by atoms with Gasteiger partial charge in [-0.15, -0.1) is 0 Å². The van der Waals surface area contributed by atoms with E-state index in [9.17, 15) is 4.79 Å². The highest BCUT2D eigenvalue weighted by atomic mass is 16.6. The number of aromatic amines is 2. The van der Waals surface area contributed by atoms with E-state index in [-0.39, 0.29) is 12.0 Å². The van der Waals surface area contributed by atoms with Crippen molar-refractivity contribution in [3.05, 3.63) is 60.2 Å². The highest BCUT2D eigenvalue weighted by Crippen LogP contribution is 2.28. The van der Waals surface area contributed by atoms with Gasteiger partial charge in [0.15, 0.2) is 0 Å². The third kappa shape index (κ3) is 6.31. The molecular weight excluding hydrogens is 464 g/mol. The van der Waals surface area contributed by atoms with Gasteiger partial charge in [0.05, 0.1) is 22.1 Å². The fourth-order valence-electron chi connectivity index (χ4n) is 5.11. The number of benzene rings is 2. The second-order valence-corrected chi connectivity index (χ2v) is 11.1. The Bertz CT molecular complexity index is 1260. The van der Waals surface area contributed by atoms with Crippen LogP contribution in [0.15, 0.2) is 48.5 Å². The molecule has 6 rings (SSSR count). The standard InChI is InChI=1S/C17H23N3O2.C12H15N3/c1-17(2,3)22-16(21)20-10-6-7-12(11-20)15-18-13-8-4-5-9-14(13)19-15;1-2-6-11-10(5-1)14-12(15-11)9-4-3-7-13-8-9/h4-5,8-9,12H,6-7,10-11H2,1-3H3,(H,18,19);1-2,5-6,9,13H,3-4,7-8H2,(H,14,15)/t12-;9-/m11/s1. The Kier molecular flexibility index (Phi) is 7.46. The lowest BCUT2D eigenvalue weighted by Crippen LogP contribution is -2.42. The number of nitrogens with zero attached hydrogens (tertiary/aromatic N) is 3. The SMILES string of the molecule is CC(C)(C)OC(=O)N1CCC[C@@H](c2nc3ccccc3[nH]2)C1.c1ccc2[nH]c([C@@H]3CCCNC3)nc2c1. The van der Waals surface area contributed by atoms with Crippen LogP contribution in [0, 0.1) is 0 Å². The van der Waals surface area contributed by atoms with Gasteiger partial charge >= 0.3 is 6.09 Å². The summed E-state index contributed by atoms with van der Waals surface area (Å²) < 4.78 is 5.48. The monoisotopic (exact) mass is 502 g/mol. The van der Waals surface area contributed by atoms with Crippen molar-refractivity contribution in [2.75, 3.05) is 26.2 Å². The number of carbonyl (C=O) groups excluding carboxylic acids is 1. The zero-order chi connectivity index (χ0) is 25.8.